The van der Waals surface area contributed by atoms with Crippen molar-refractivity contribution in [2.24, 2.45) is 0 Å². The van der Waals surface area contributed by atoms with E-state index in [0.29, 0.717) is 22.4 Å². The summed E-state index contributed by atoms with van der Waals surface area (Å²) in [4.78, 5) is 1.76. The van der Waals surface area contributed by atoms with Crippen LogP contribution in [0, 0.1) is 5.41 Å². The summed E-state index contributed by atoms with van der Waals surface area (Å²) in [5.41, 5.74) is 0.709. The zero-order valence-corrected chi connectivity index (χ0v) is 13.3. The van der Waals surface area contributed by atoms with Crippen molar-refractivity contribution < 1.29 is 17.9 Å². The lowest BCUT2D eigenvalue weighted by Crippen LogP contribution is -2.37. The van der Waals surface area contributed by atoms with Gasteiger partial charge < -0.3 is 14.4 Å². The molecule has 0 spiro atoms. The van der Waals surface area contributed by atoms with Crippen LogP contribution in [0.1, 0.15) is 0 Å². The lowest BCUT2D eigenvalue weighted by atomic mass is 10.2. The van der Waals surface area contributed by atoms with Crippen LogP contribution in [-0.4, -0.2) is 50.6 Å². The molecule has 1 aromatic carbocycles. The molecule has 0 saturated carbocycles. The van der Waals surface area contributed by atoms with E-state index in [2.05, 4.69) is 0 Å². The normalized spacial score (nSPS) is 26.8. The highest BCUT2D eigenvalue weighted by Gasteiger charge is 2.49. The van der Waals surface area contributed by atoms with Crippen molar-refractivity contribution in [1.82, 2.24) is 0 Å². The molecule has 0 bridgehead atoms. The van der Waals surface area contributed by atoms with Gasteiger partial charge in [-0.3, -0.25) is 5.41 Å². The zero-order valence-electron chi connectivity index (χ0n) is 11.7. The summed E-state index contributed by atoms with van der Waals surface area (Å²) >= 11 is 1.31. The first-order chi connectivity index (χ1) is 9.95. The summed E-state index contributed by atoms with van der Waals surface area (Å²) in [6.07, 6.45) is 0. The number of hydrogen-bond acceptors (Lipinski definition) is 6. The van der Waals surface area contributed by atoms with Crippen molar-refractivity contribution in [2.75, 3.05) is 30.6 Å². The van der Waals surface area contributed by atoms with Gasteiger partial charge in [-0.05, 0) is 12.1 Å². The molecule has 1 aromatic rings. The largest absolute Gasteiger partial charge is 0.497 e. The second-order valence-corrected chi connectivity index (χ2v) is 8.40. The molecule has 0 aromatic heterocycles. The first-order valence-electron chi connectivity index (χ1n) is 6.42. The molecule has 0 radical (unpaired) electrons. The van der Waals surface area contributed by atoms with E-state index >= 15 is 0 Å². The Kier molecular flexibility index (Phi) is 3.53. The SMILES string of the molecule is COc1ccc(N2C(=N)S[C@@H]3CS(=O)(=O)C[C@H]32)c(OC)c1. The van der Waals surface area contributed by atoms with Crippen LogP contribution >= 0.6 is 11.8 Å². The number of nitrogens with one attached hydrogen (secondary N) is 1. The van der Waals surface area contributed by atoms with Gasteiger partial charge in [0.1, 0.15) is 11.5 Å². The minimum atomic E-state index is -3.03. The van der Waals surface area contributed by atoms with Gasteiger partial charge in [-0.25, -0.2) is 8.42 Å². The summed E-state index contributed by atoms with van der Waals surface area (Å²) in [5, 5.41) is 8.44. The summed E-state index contributed by atoms with van der Waals surface area (Å²) in [7, 11) is 0.0939. The van der Waals surface area contributed by atoms with E-state index in [1.165, 1.54) is 11.8 Å². The topological polar surface area (TPSA) is 79.7 Å². The maximum Gasteiger partial charge on any atom is 0.161 e. The van der Waals surface area contributed by atoms with Crippen molar-refractivity contribution >= 4 is 32.5 Å². The monoisotopic (exact) mass is 328 g/mol. The third-order valence-corrected chi connectivity index (χ3v) is 6.86. The van der Waals surface area contributed by atoms with Crippen molar-refractivity contribution in [1.29, 1.82) is 5.41 Å². The fourth-order valence-electron chi connectivity index (χ4n) is 2.77. The predicted molar refractivity (Wildman–Crippen MR) is 83.6 cm³/mol. The number of hydrogen-bond donors (Lipinski definition) is 1. The first-order valence-corrected chi connectivity index (χ1v) is 9.12. The highest BCUT2D eigenvalue weighted by Crippen LogP contribution is 2.44. The van der Waals surface area contributed by atoms with Crippen LogP contribution < -0.4 is 14.4 Å². The Balaban J connectivity index is 2.01. The zero-order chi connectivity index (χ0) is 15.2. The minimum Gasteiger partial charge on any atom is -0.497 e. The molecule has 0 aliphatic carbocycles. The lowest BCUT2D eigenvalue weighted by Gasteiger charge is -2.25. The molecule has 2 atom stereocenters. The summed E-state index contributed by atoms with van der Waals surface area (Å²) in [5.74, 6) is 1.45. The number of thioether (sulfide) groups is 1. The van der Waals surface area contributed by atoms with Gasteiger partial charge in [-0.2, -0.15) is 0 Å². The number of anilines is 1. The number of nitrogens with zero attached hydrogens (tertiary/aromatic N) is 1. The maximum atomic E-state index is 11.8. The van der Waals surface area contributed by atoms with Crippen molar-refractivity contribution in [3.8, 4) is 11.5 Å². The average molecular weight is 328 g/mol. The molecule has 8 heteroatoms. The molecule has 21 heavy (non-hydrogen) atoms. The van der Waals surface area contributed by atoms with Gasteiger partial charge in [0.05, 0.1) is 37.5 Å². The number of fused-ring (bicyclic) bond motifs is 1. The van der Waals surface area contributed by atoms with Crippen LogP contribution in [0.5, 0.6) is 11.5 Å². The van der Waals surface area contributed by atoms with Gasteiger partial charge in [-0.1, -0.05) is 11.8 Å². The van der Waals surface area contributed by atoms with Crippen LogP contribution in [0.4, 0.5) is 5.69 Å². The molecule has 1 N–H and O–H groups in total. The highest BCUT2D eigenvalue weighted by atomic mass is 32.2. The average Bonchev–Trinajstić information content (AvgIpc) is 2.88. The van der Waals surface area contributed by atoms with E-state index in [1.807, 2.05) is 0 Å². The molecular formula is C13H16N2O4S2. The van der Waals surface area contributed by atoms with E-state index in [4.69, 9.17) is 14.9 Å². The number of ether oxygens (including phenoxy) is 2. The molecule has 0 unspecified atom stereocenters. The van der Waals surface area contributed by atoms with E-state index in [1.54, 1.807) is 37.3 Å². The molecule has 0 amide bonds. The fraction of sp³-hybridized carbons (Fsp3) is 0.462. The van der Waals surface area contributed by atoms with Crippen molar-refractivity contribution in [3.63, 3.8) is 0 Å². The Morgan fingerprint density at radius 2 is 2.05 bits per heavy atom. The fourth-order valence-corrected chi connectivity index (χ4v) is 6.56. The summed E-state index contributed by atoms with van der Waals surface area (Å²) < 4.78 is 34.2. The van der Waals surface area contributed by atoms with Crippen LogP contribution in [0.2, 0.25) is 0 Å². The van der Waals surface area contributed by atoms with Gasteiger partial charge in [0, 0.05) is 11.3 Å². The summed E-state index contributed by atoms with van der Waals surface area (Å²) in [6.45, 7) is 0. The number of benzene rings is 1. The Bertz CT molecular complexity index is 689. The molecule has 2 saturated heterocycles. The summed E-state index contributed by atoms with van der Waals surface area (Å²) in [6, 6.07) is 5.13. The molecule has 3 rings (SSSR count). The minimum absolute atomic E-state index is 0.0747. The number of methoxy groups -OCH3 is 2. The van der Waals surface area contributed by atoms with E-state index in [9.17, 15) is 8.42 Å². The number of rotatable bonds is 3. The lowest BCUT2D eigenvalue weighted by molar-refractivity contribution is 0.394. The molecule has 6 nitrogen and oxygen atoms in total. The number of amidine groups is 1. The molecule has 114 valence electrons. The Morgan fingerprint density at radius 3 is 2.71 bits per heavy atom. The van der Waals surface area contributed by atoms with E-state index < -0.39 is 9.84 Å². The van der Waals surface area contributed by atoms with Crippen LogP contribution in [0.15, 0.2) is 18.2 Å². The Labute approximate surface area is 127 Å². The molecule has 2 fully saturated rings. The number of sulfone groups is 1. The van der Waals surface area contributed by atoms with Gasteiger partial charge >= 0.3 is 0 Å². The second kappa shape index (κ2) is 5.10. The third-order valence-electron chi connectivity index (χ3n) is 3.73. The Morgan fingerprint density at radius 1 is 1.29 bits per heavy atom. The molecule has 2 aliphatic heterocycles. The first kappa shape index (κ1) is 14.5. The molecule has 2 heterocycles. The Hall–Kier alpha value is -1.41. The second-order valence-electron chi connectivity index (χ2n) is 5.01. The van der Waals surface area contributed by atoms with Crippen molar-refractivity contribution in [2.45, 2.75) is 11.3 Å². The van der Waals surface area contributed by atoms with Crippen molar-refractivity contribution in [3.05, 3.63) is 18.2 Å². The van der Waals surface area contributed by atoms with Gasteiger partial charge in [0.15, 0.2) is 15.0 Å². The quantitative estimate of drug-likeness (QED) is 0.902. The van der Waals surface area contributed by atoms with E-state index in [0.717, 1.165) is 0 Å². The van der Waals surface area contributed by atoms with Crippen LogP contribution in [-0.2, 0) is 9.84 Å². The predicted octanol–water partition coefficient (Wildman–Crippen LogP) is 1.36. The van der Waals surface area contributed by atoms with Gasteiger partial charge in [0.25, 0.3) is 0 Å². The maximum absolute atomic E-state index is 11.8. The smallest absolute Gasteiger partial charge is 0.161 e. The standard InChI is InChI=1S/C13H16N2O4S2/c1-18-8-3-4-9(11(5-8)19-2)15-10-6-21(16,17)7-12(10)20-13(15)14/h3-5,10,12,14H,6-7H2,1-2H3/t10-,12-/m1/s1. The van der Waals surface area contributed by atoms with Crippen LogP contribution in [0.3, 0.4) is 0 Å². The van der Waals surface area contributed by atoms with E-state index in [-0.39, 0.29) is 22.8 Å². The molecular weight excluding hydrogens is 312 g/mol. The van der Waals surface area contributed by atoms with Gasteiger partial charge in [-0.15, -0.1) is 0 Å². The van der Waals surface area contributed by atoms with Crippen LogP contribution in [0.25, 0.3) is 0 Å². The third kappa shape index (κ3) is 2.46. The van der Waals surface area contributed by atoms with Gasteiger partial charge in [0.2, 0.25) is 0 Å². The molecule has 2 aliphatic rings. The highest BCUT2D eigenvalue weighted by molar-refractivity contribution is 8.15.